The first-order chi connectivity index (χ1) is 6.90. The number of likely N-dealkylation sites (tertiary alicyclic amines) is 1. The zero-order valence-electron chi connectivity index (χ0n) is 9.17. The minimum absolute atomic E-state index is 0.836. The van der Waals surface area contributed by atoms with E-state index in [1.54, 1.807) is 0 Å². The molecular weight excluding hydrogens is 192 g/mol. The highest BCUT2D eigenvalue weighted by molar-refractivity contribution is 7.98. The van der Waals surface area contributed by atoms with Gasteiger partial charge in [-0.2, -0.15) is 11.8 Å². The van der Waals surface area contributed by atoms with Crippen LogP contribution in [0.15, 0.2) is 0 Å². The predicted molar refractivity (Wildman–Crippen MR) is 64.0 cm³/mol. The van der Waals surface area contributed by atoms with Crippen molar-refractivity contribution in [3.8, 4) is 0 Å². The van der Waals surface area contributed by atoms with E-state index in [-0.39, 0.29) is 0 Å². The molecule has 0 radical (unpaired) electrons. The van der Waals surface area contributed by atoms with Crippen LogP contribution in [0.3, 0.4) is 0 Å². The normalized spacial score (nSPS) is 28.5. The Balaban J connectivity index is 1.66. The monoisotopic (exact) mass is 214 g/mol. The molecule has 1 unspecified atom stereocenters. The first-order valence-corrected chi connectivity index (χ1v) is 7.26. The molecule has 1 N–H and O–H groups in total. The molecule has 1 saturated heterocycles. The van der Waals surface area contributed by atoms with Crippen LogP contribution < -0.4 is 5.32 Å². The Bertz CT molecular complexity index is 171. The summed E-state index contributed by atoms with van der Waals surface area (Å²) in [6.45, 7) is 3.86. The third-order valence-corrected chi connectivity index (χ3v) is 3.89. The number of thioether (sulfide) groups is 1. The van der Waals surface area contributed by atoms with Gasteiger partial charge in [0.05, 0.1) is 0 Å². The lowest BCUT2D eigenvalue weighted by atomic mass is 10.2. The molecule has 2 aliphatic rings. The molecule has 0 aromatic rings. The Morgan fingerprint density at radius 1 is 1.36 bits per heavy atom. The summed E-state index contributed by atoms with van der Waals surface area (Å²) >= 11 is 1.97. The van der Waals surface area contributed by atoms with Crippen LogP contribution >= 0.6 is 11.8 Å². The SMILES string of the molecule is CSCCN1CCCC1CNC1CC1. The van der Waals surface area contributed by atoms with Crippen molar-refractivity contribution in [3.05, 3.63) is 0 Å². The molecule has 1 heterocycles. The second-order valence-electron chi connectivity index (χ2n) is 4.51. The molecule has 14 heavy (non-hydrogen) atoms. The summed E-state index contributed by atoms with van der Waals surface area (Å²) in [4.78, 5) is 2.67. The Kier molecular flexibility index (Phi) is 4.14. The topological polar surface area (TPSA) is 15.3 Å². The standard InChI is InChI=1S/C11H22N2S/c1-14-8-7-13-6-2-3-11(13)9-12-10-4-5-10/h10-12H,2-9H2,1H3. The van der Waals surface area contributed by atoms with Crippen molar-refractivity contribution in [2.24, 2.45) is 0 Å². The van der Waals surface area contributed by atoms with Gasteiger partial charge in [-0.15, -0.1) is 0 Å². The summed E-state index contributed by atoms with van der Waals surface area (Å²) in [6.07, 6.45) is 7.85. The van der Waals surface area contributed by atoms with Crippen LogP contribution in [0.1, 0.15) is 25.7 Å². The second kappa shape index (κ2) is 5.38. The maximum Gasteiger partial charge on any atom is 0.0221 e. The Labute approximate surface area is 91.8 Å². The Morgan fingerprint density at radius 2 is 2.21 bits per heavy atom. The molecule has 1 saturated carbocycles. The zero-order valence-corrected chi connectivity index (χ0v) is 9.98. The first kappa shape index (κ1) is 10.8. The number of hydrogen-bond acceptors (Lipinski definition) is 3. The molecular formula is C11H22N2S. The van der Waals surface area contributed by atoms with E-state index < -0.39 is 0 Å². The van der Waals surface area contributed by atoms with E-state index in [0.717, 1.165) is 12.1 Å². The average Bonchev–Trinajstić information content (AvgIpc) is 2.92. The van der Waals surface area contributed by atoms with Gasteiger partial charge in [0.2, 0.25) is 0 Å². The highest BCUT2D eigenvalue weighted by Gasteiger charge is 2.27. The van der Waals surface area contributed by atoms with Gasteiger partial charge in [-0.25, -0.2) is 0 Å². The van der Waals surface area contributed by atoms with Crippen LogP contribution in [0.5, 0.6) is 0 Å². The molecule has 2 rings (SSSR count). The highest BCUT2D eigenvalue weighted by atomic mass is 32.2. The van der Waals surface area contributed by atoms with Gasteiger partial charge in [0.15, 0.2) is 0 Å². The molecule has 1 atom stereocenters. The molecule has 82 valence electrons. The van der Waals surface area contributed by atoms with Gasteiger partial charge in [-0.3, -0.25) is 4.90 Å². The van der Waals surface area contributed by atoms with Crippen molar-refractivity contribution >= 4 is 11.8 Å². The van der Waals surface area contributed by atoms with Crippen LogP contribution in [-0.2, 0) is 0 Å². The first-order valence-electron chi connectivity index (χ1n) is 5.86. The van der Waals surface area contributed by atoms with Crippen molar-refractivity contribution in [1.29, 1.82) is 0 Å². The molecule has 3 heteroatoms. The summed E-state index contributed by atoms with van der Waals surface area (Å²) < 4.78 is 0. The van der Waals surface area contributed by atoms with Gasteiger partial charge in [-0.1, -0.05) is 0 Å². The molecule has 0 spiro atoms. The summed E-state index contributed by atoms with van der Waals surface area (Å²) in [5.41, 5.74) is 0. The van der Waals surface area contributed by atoms with Gasteiger partial charge in [-0.05, 0) is 38.5 Å². The van der Waals surface area contributed by atoms with Gasteiger partial charge >= 0.3 is 0 Å². The summed E-state index contributed by atoms with van der Waals surface area (Å²) in [6, 6.07) is 1.71. The smallest absolute Gasteiger partial charge is 0.0221 e. The lowest BCUT2D eigenvalue weighted by Crippen LogP contribution is -2.39. The van der Waals surface area contributed by atoms with E-state index in [1.165, 1.54) is 51.1 Å². The zero-order chi connectivity index (χ0) is 9.80. The largest absolute Gasteiger partial charge is 0.312 e. The molecule has 2 fully saturated rings. The van der Waals surface area contributed by atoms with E-state index in [0.29, 0.717) is 0 Å². The van der Waals surface area contributed by atoms with Crippen molar-refractivity contribution in [1.82, 2.24) is 10.2 Å². The number of hydrogen-bond donors (Lipinski definition) is 1. The summed E-state index contributed by atoms with van der Waals surface area (Å²) in [5, 5.41) is 3.66. The van der Waals surface area contributed by atoms with E-state index in [9.17, 15) is 0 Å². The van der Waals surface area contributed by atoms with Crippen LogP contribution in [0.2, 0.25) is 0 Å². The summed E-state index contributed by atoms with van der Waals surface area (Å²) in [5.74, 6) is 1.29. The van der Waals surface area contributed by atoms with Crippen LogP contribution in [0.4, 0.5) is 0 Å². The number of nitrogens with one attached hydrogen (secondary N) is 1. The van der Waals surface area contributed by atoms with Crippen molar-refractivity contribution in [3.63, 3.8) is 0 Å². The van der Waals surface area contributed by atoms with E-state index >= 15 is 0 Å². The molecule has 0 bridgehead atoms. The van der Waals surface area contributed by atoms with Gasteiger partial charge in [0.1, 0.15) is 0 Å². The van der Waals surface area contributed by atoms with E-state index in [2.05, 4.69) is 16.5 Å². The quantitative estimate of drug-likeness (QED) is 0.722. The van der Waals surface area contributed by atoms with Crippen molar-refractivity contribution in [2.45, 2.75) is 37.8 Å². The fourth-order valence-corrected chi connectivity index (χ4v) is 2.64. The Morgan fingerprint density at radius 3 is 2.93 bits per heavy atom. The van der Waals surface area contributed by atoms with Crippen LogP contribution in [0, 0.1) is 0 Å². The fraction of sp³-hybridized carbons (Fsp3) is 1.00. The molecule has 0 amide bonds. The molecule has 2 nitrogen and oxygen atoms in total. The number of nitrogens with zero attached hydrogens (tertiary/aromatic N) is 1. The van der Waals surface area contributed by atoms with E-state index in [1.807, 2.05) is 11.8 Å². The molecule has 1 aliphatic heterocycles. The number of rotatable bonds is 6. The molecule has 0 aromatic carbocycles. The average molecular weight is 214 g/mol. The lowest BCUT2D eigenvalue weighted by Gasteiger charge is -2.24. The Hall–Kier alpha value is 0.270. The molecule has 1 aliphatic carbocycles. The minimum Gasteiger partial charge on any atom is -0.312 e. The third kappa shape index (κ3) is 3.14. The maximum absolute atomic E-state index is 3.66. The fourth-order valence-electron chi connectivity index (χ4n) is 2.22. The van der Waals surface area contributed by atoms with Crippen LogP contribution in [-0.4, -0.2) is 48.6 Å². The van der Waals surface area contributed by atoms with Gasteiger partial charge < -0.3 is 5.32 Å². The van der Waals surface area contributed by atoms with Crippen molar-refractivity contribution in [2.75, 3.05) is 31.6 Å². The predicted octanol–water partition coefficient (Wildman–Crippen LogP) is 1.57. The minimum atomic E-state index is 0.836. The van der Waals surface area contributed by atoms with Crippen LogP contribution in [0.25, 0.3) is 0 Å². The van der Waals surface area contributed by atoms with Crippen molar-refractivity contribution < 1.29 is 0 Å². The second-order valence-corrected chi connectivity index (χ2v) is 5.49. The van der Waals surface area contributed by atoms with E-state index in [4.69, 9.17) is 0 Å². The third-order valence-electron chi connectivity index (χ3n) is 3.30. The van der Waals surface area contributed by atoms with Gasteiger partial charge in [0, 0.05) is 30.9 Å². The highest BCUT2D eigenvalue weighted by Crippen LogP contribution is 2.21. The summed E-state index contributed by atoms with van der Waals surface area (Å²) in [7, 11) is 0. The lowest BCUT2D eigenvalue weighted by molar-refractivity contribution is 0.262. The molecule has 0 aromatic heterocycles. The maximum atomic E-state index is 3.66. The van der Waals surface area contributed by atoms with Gasteiger partial charge in [0.25, 0.3) is 0 Å².